The monoisotopic (exact) mass is 428 g/mol. The lowest BCUT2D eigenvalue weighted by molar-refractivity contribution is -0.384. The number of azo groups is 1. The summed E-state index contributed by atoms with van der Waals surface area (Å²) >= 11 is 5.23. The lowest BCUT2D eigenvalue weighted by Gasteiger charge is -2.05. The molecule has 0 bridgehead atoms. The van der Waals surface area contributed by atoms with Gasteiger partial charge in [0.25, 0.3) is 5.69 Å². The zero-order valence-electron chi connectivity index (χ0n) is 16.1. The summed E-state index contributed by atoms with van der Waals surface area (Å²) in [6.07, 6.45) is 0. The molecular formula is C22H16N6O2S. The Morgan fingerprint density at radius 2 is 1.58 bits per heavy atom. The summed E-state index contributed by atoms with van der Waals surface area (Å²) in [5.74, 6) is 0. The van der Waals surface area contributed by atoms with E-state index in [0.29, 0.717) is 22.8 Å². The minimum Gasteiger partial charge on any atom is -0.374 e. The number of aromatic nitrogens is 2. The van der Waals surface area contributed by atoms with Crippen LogP contribution in [0.1, 0.15) is 0 Å². The first kappa shape index (κ1) is 20.0. The van der Waals surface area contributed by atoms with Crippen LogP contribution in [0.15, 0.2) is 95.2 Å². The number of rotatable bonds is 5. The molecular weight excluding hydrogens is 412 g/mol. The Balaban J connectivity index is 1.93. The van der Waals surface area contributed by atoms with Gasteiger partial charge in [-0.25, -0.2) is 4.68 Å². The molecule has 0 saturated heterocycles. The molecule has 1 aromatic heterocycles. The lowest BCUT2D eigenvalue weighted by Crippen LogP contribution is -2.21. The van der Waals surface area contributed by atoms with Gasteiger partial charge in [0, 0.05) is 23.3 Å². The summed E-state index contributed by atoms with van der Waals surface area (Å²) in [6.45, 7) is 0. The second-order valence-electron chi connectivity index (χ2n) is 6.50. The SMILES string of the molecule is NC(=S)n1nc(-c2ccccc2)c(N=Nc2cccc([N+](=O)[O-])c2)c1-c1ccccc1. The zero-order chi connectivity index (χ0) is 21.8. The van der Waals surface area contributed by atoms with Crippen molar-refractivity contribution in [1.29, 1.82) is 0 Å². The number of thiocarbonyl (C=S) groups is 1. The predicted octanol–water partition coefficient (Wildman–Crippen LogP) is 5.63. The van der Waals surface area contributed by atoms with Crippen LogP contribution in [0, 0.1) is 10.1 Å². The first-order valence-corrected chi connectivity index (χ1v) is 9.65. The molecule has 8 nitrogen and oxygen atoms in total. The largest absolute Gasteiger partial charge is 0.374 e. The van der Waals surface area contributed by atoms with E-state index in [0.717, 1.165) is 11.1 Å². The first-order valence-electron chi connectivity index (χ1n) is 9.24. The third-order valence-electron chi connectivity index (χ3n) is 4.47. The standard InChI is InChI=1S/C22H16N6O2S/c23-22(31)27-21(16-10-5-2-6-11-16)20(19(26-27)15-8-3-1-4-9-15)25-24-17-12-7-13-18(14-17)28(29)30/h1-14H,(H2,23,31). The molecule has 0 aliphatic carbocycles. The van der Waals surface area contributed by atoms with E-state index >= 15 is 0 Å². The van der Waals surface area contributed by atoms with Crippen molar-refractivity contribution < 1.29 is 4.92 Å². The van der Waals surface area contributed by atoms with Gasteiger partial charge < -0.3 is 5.73 Å². The highest BCUT2D eigenvalue weighted by Crippen LogP contribution is 2.40. The molecule has 3 aromatic carbocycles. The highest BCUT2D eigenvalue weighted by Gasteiger charge is 2.22. The van der Waals surface area contributed by atoms with E-state index in [-0.39, 0.29) is 10.8 Å². The molecule has 2 N–H and O–H groups in total. The number of benzene rings is 3. The Labute approximate surface area is 182 Å². The minimum absolute atomic E-state index is 0.0628. The maximum absolute atomic E-state index is 11.1. The van der Waals surface area contributed by atoms with Crippen LogP contribution < -0.4 is 5.73 Å². The van der Waals surface area contributed by atoms with E-state index in [9.17, 15) is 10.1 Å². The maximum atomic E-state index is 11.1. The van der Waals surface area contributed by atoms with Gasteiger partial charge in [0.2, 0.25) is 0 Å². The molecule has 152 valence electrons. The zero-order valence-corrected chi connectivity index (χ0v) is 16.9. The van der Waals surface area contributed by atoms with Crippen molar-refractivity contribution >= 4 is 34.4 Å². The third kappa shape index (κ3) is 4.21. The highest BCUT2D eigenvalue weighted by molar-refractivity contribution is 7.80. The van der Waals surface area contributed by atoms with Gasteiger partial charge in [-0.2, -0.15) is 10.2 Å². The van der Waals surface area contributed by atoms with Crippen molar-refractivity contribution in [1.82, 2.24) is 9.78 Å². The van der Waals surface area contributed by atoms with Gasteiger partial charge in [-0.05, 0) is 18.3 Å². The average Bonchev–Trinajstić information content (AvgIpc) is 3.19. The molecule has 0 radical (unpaired) electrons. The van der Waals surface area contributed by atoms with Crippen LogP contribution in [0.2, 0.25) is 0 Å². The van der Waals surface area contributed by atoms with Crippen LogP contribution in [0.5, 0.6) is 0 Å². The van der Waals surface area contributed by atoms with Crippen LogP contribution in [-0.4, -0.2) is 19.8 Å². The average molecular weight is 428 g/mol. The number of nitrogens with zero attached hydrogens (tertiary/aromatic N) is 5. The smallest absolute Gasteiger partial charge is 0.271 e. The fourth-order valence-corrected chi connectivity index (χ4v) is 3.22. The molecule has 0 fully saturated rings. The molecule has 0 atom stereocenters. The van der Waals surface area contributed by atoms with Gasteiger partial charge in [-0.1, -0.05) is 66.7 Å². The number of nitrogens with two attached hydrogens (primary N) is 1. The van der Waals surface area contributed by atoms with Crippen LogP contribution in [-0.2, 0) is 0 Å². The van der Waals surface area contributed by atoms with E-state index in [1.165, 1.54) is 16.8 Å². The van der Waals surface area contributed by atoms with Crippen LogP contribution >= 0.6 is 12.2 Å². The third-order valence-corrected chi connectivity index (χ3v) is 4.64. The van der Waals surface area contributed by atoms with E-state index in [1.54, 1.807) is 12.1 Å². The molecule has 0 spiro atoms. The molecule has 0 amide bonds. The Bertz CT molecular complexity index is 1290. The Hall–Kier alpha value is -4.24. The topological polar surface area (TPSA) is 112 Å². The van der Waals surface area contributed by atoms with Crippen LogP contribution in [0.4, 0.5) is 17.1 Å². The Morgan fingerprint density at radius 1 is 0.935 bits per heavy atom. The van der Waals surface area contributed by atoms with Gasteiger partial charge in [0.15, 0.2) is 5.11 Å². The van der Waals surface area contributed by atoms with Gasteiger partial charge in [-0.15, -0.1) is 5.11 Å². The maximum Gasteiger partial charge on any atom is 0.271 e. The number of nitro benzene ring substituents is 1. The number of nitro groups is 1. The van der Waals surface area contributed by atoms with Crippen molar-refractivity contribution in [2.45, 2.75) is 0 Å². The van der Waals surface area contributed by atoms with Crippen molar-refractivity contribution in [3.8, 4) is 22.5 Å². The summed E-state index contributed by atoms with van der Waals surface area (Å²) in [5.41, 5.74) is 9.43. The summed E-state index contributed by atoms with van der Waals surface area (Å²) in [7, 11) is 0. The van der Waals surface area contributed by atoms with Crippen LogP contribution in [0.3, 0.4) is 0 Å². The molecule has 0 unspecified atom stereocenters. The molecule has 9 heteroatoms. The fourth-order valence-electron chi connectivity index (χ4n) is 3.09. The molecule has 4 rings (SSSR count). The molecule has 4 aromatic rings. The summed E-state index contributed by atoms with van der Waals surface area (Å²) in [4.78, 5) is 10.6. The summed E-state index contributed by atoms with van der Waals surface area (Å²) in [5, 5.41) is 24.4. The molecule has 0 aliphatic heterocycles. The summed E-state index contributed by atoms with van der Waals surface area (Å²) in [6, 6.07) is 24.9. The van der Waals surface area contributed by atoms with E-state index in [4.69, 9.17) is 18.0 Å². The second kappa shape index (κ2) is 8.64. The van der Waals surface area contributed by atoms with Crippen molar-refractivity contribution in [2.75, 3.05) is 0 Å². The molecule has 1 heterocycles. The Morgan fingerprint density at radius 3 is 2.19 bits per heavy atom. The van der Waals surface area contributed by atoms with Crippen molar-refractivity contribution in [2.24, 2.45) is 16.0 Å². The van der Waals surface area contributed by atoms with Crippen molar-refractivity contribution in [3.63, 3.8) is 0 Å². The van der Waals surface area contributed by atoms with Gasteiger partial charge in [-0.3, -0.25) is 10.1 Å². The van der Waals surface area contributed by atoms with Gasteiger partial charge in [0.1, 0.15) is 17.1 Å². The lowest BCUT2D eigenvalue weighted by atomic mass is 10.1. The predicted molar refractivity (Wildman–Crippen MR) is 123 cm³/mol. The molecule has 0 saturated carbocycles. The van der Waals surface area contributed by atoms with Gasteiger partial charge in [0.05, 0.1) is 10.6 Å². The molecule has 0 aliphatic rings. The Kier molecular flexibility index (Phi) is 5.59. The quantitative estimate of drug-likeness (QED) is 0.191. The highest BCUT2D eigenvalue weighted by atomic mass is 32.1. The molecule has 31 heavy (non-hydrogen) atoms. The number of hydrogen-bond acceptors (Lipinski definition) is 6. The van der Waals surface area contributed by atoms with E-state index in [2.05, 4.69) is 15.3 Å². The fraction of sp³-hybridized carbons (Fsp3) is 0. The van der Waals surface area contributed by atoms with E-state index < -0.39 is 4.92 Å². The minimum atomic E-state index is -0.477. The van der Waals surface area contributed by atoms with E-state index in [1.807, 2.05) is 60.7 Å². The first-order chi connectivity index (χ1) is 15.0. The number of hydrogen-bond donors (Lipinski definition) is 1. The second-order valence-corrected chi connectivity index (χ2v) is 6.92. The van der Waals surface area contributed by atoms with Crippen molar-refractivity contribution in [3.05, 3.63) is 95.0 Å². The number of non-ortho nitro benzene ring substituents is 1. The normalized spacial score (nSPS) is 11.0. The summed E-state index contributed by atoms with van der Waals surface area (Å²) < 4.78 is 1.45. The van der Waals surface area contributed by atoms with Gasteiger partial charge >= 0.3 is 0 Å². The van der Waals surface area contributed by atoms with Crippen LogP contribution in [0.25, 0.3) is 22.5 Å².